The normalized spacial score (nSPS) is 17.7. The van der Waals surface area contributed by atoms with E-state index < -0.39 is 0 Å². The Bertz CT molecular complexity index is 377. The number of aromatic hydroxyl groups is 2. The molecule has 0 spiro atoms. The van der Waals surface area contributed by atoms with Crippen molar-refractivity contribution in [3.8, 4) is 11.5 Å². The second-order valence-corrected chi connectivity index (χ2v) is 4.68. The molecule has 2 N–H and O–H groups in total. The summed E-state index contributed by atoms with van der Waals surface area (Å²) < 4.78 is 0.942. The van der Waals surface area contributed by atoms with Crippen LogP contribution in [0.15, 0.2) is 12.1 Å². The predicted molar refractivity (Wildman–Crippen MR) is 54.2 cm³/mol. The van der Waals surface area contributed by atoms with Crippen LogP contribution in [0.3, 0.4) is 0 Å². The van der Waals surface area contributed by atoms with Gasteiger partial charge in [-0.05, 0) is 17.7 Å². The Kier molecular flexibility index (Phi) is 3.16. The fourth-order valence-corrected chi connectivity index (χ4v) is 2.01. The number of phenols is 2. The molecule has 0 unspecified atom stereocenters. The largest absolute Gasteiger partial charge is 1.00 e. The average Bonchev–Trinajstić information content (AvgIpc) is 2.07. The minimum Gasteiger partial charge on any atom is -1.00 e. The second kappa shape index (κ2) is 3.91. The van der Waals surface area contributed by atoms with Gasteiger partial charge in [0.15, 0.2) is 11.5 Å². The van der Waals surface area contributed by atoms with Gasteiger partial charge in [0.05, 0.1) is 20.6 Å². The number of hydrogen-bond acceptors (Lipinski definition) is 2. The van der Waals surface area contributed by atoms with E-state index in [0.29, 0.717) is 0 Å². The summed E-state index contributed by atoms with van der Waals surface area (Å²) in [4.78, 5) is 0. The van der Waals surface area contributed by atoms with Crippen molar-refractivity contribution in [1.29, 1.82) is 0 Å². The van der Waals surface area contributed by atoms with Crippen LogP contribution in [-0.4, -0.2) is 35.3 Å². The SMILES string of the molecule is C[N+]1(C)CCc2cc(O)c(O)cc2C1.[Cl-]. The highest BCUT2D eigenvalue weighted by atomic mass is 35.5. The standard InChI is InChI=1S/C11H15NO2.ClH/c1-12(2)4-3-8-5-10(13)11(14)6-9(8)7-12;/h5-6H,3-4,7H2,1-2H3,(H-,13,14);1H. The van der Waals surface area contributed by atoms with E-state index in [9.17, 15) is 10.2 Å². The highest BCUT2D eigenvalue weighted by molar-refractivity contribution is 5.45. The van der Waals surface area contributed by atoms with Gasteiger partial charge in [-0.25, -0.2) is 0 Å². The first-order chi connectivity index (χ1) is 6.48. The van der Waals surface area contributed by atoms with Gasteiger partial charge in [-0.2, -0.15) is 0 Å². The molecule has 0 amide bonds. The van der Waals surface area contributed by atoms with E-state index in [0.717, 1.165) is 35.1 Å². The first-order valence-corrected chi connectivity index (χ1v) is 4.84. The maximum atomic E-state index is 9.39. The van der Waals surface area contributed by atoms with Crippen LogP contribution in [0.4, 0.5) is 0 Å². The summed E-state index contributed by atoms with van der Waals surface area (Å²) in [5, 5.41) is 18.7. The maximum Gasteiger partial charge on any atom is 0.157 e. The summed E-state index contributed by atoms with van der Waals surface area (Å²) in [6, 6.07) is 3.37. The van der Waals surface area contributed by atoms with Crippen LogP contribution in [0.5, 0.6) is 11.5 Å². The molecule has 0 saturated heterocycles. The van der Waals surface area contributed by atoms with Crippen molar-refractivity contribution in [2.75, 3.05) is 20.6 Å². The number of rotatable bonds is 0. The fourth-order valence-electron chi connectivity index (χ4n) is 2.01. The molecule has 0 bridgehead atoms. The minimum atomic E-state index is -0.00866. The Morgan fingerprint density at radius 1 is 1.07 bits per heavy atom. The number of halogens is 1. The van der Waals surface area contributed by atoms with E-state index in [1.54, 1.807) is 12.1 Å². The lowest BCUT2D eigenvalue weighted by Gasteiger charge is -2.34. The van der Waals surface area contributed by atoms with Crippen LogP contribution in [0.2, 0.25) is 0 Å². The van der Waals surface area contributed by atoms with Crippen molar-refractivity contribution >= 4 is 0 Å². The lowest BCUT2D eigenvalue weighted by atomic mass is 9.98. The number of fused-ring (bicyclic) bond motifs is 1. The first kappa shape index (κ1) is 12.1. The van der Waals surface area contributed by atoms with Crippen LogP contribution >= 0.6 is 0 Å². The molecule has 0 radical (unpaired) electrons. The highest BCUT2D eigenvalue weighted by Crippen LogP contribution is 2.32. The first-order valence-electron chi connectivity index (χ1n) is 4.84. The van der Waals surface area contributed by atoms with Crippen LogP contribution in [0.25, 0.3) is 0 Å². The van der Waals surface area contributed by atoms with Gasteiger partial charge in [0.25, 0.3) is 0 Å². The minimum absolute atomic E-state index is 0. The number of nitrogens with zero attached hydrogens (tertiary/aromatic N) is 1. The molecule has 0 saturated carbocycles. The molecule has 0 atom stereocenters. The van der Waals surface area contributed by atoms with Gasteiger partial charge in [0, 0.05) is 12.0 Å². The Morgan fingerprint density at radius 3 is 2.20 bits per heavy atom. The monoisotopic (exact) mass is 229 g/mol. The van der Waals surface area contributed by atoms with E-state index in [4.69, 9.17) is 0 Å². The molecule has 1 aromatic carbocycles. The smallest absolute Gasteiger partial charge is 0.157 e. The molecule has 4 heteroatoms. The van der Waals surface area contributed by atoms with Gasteiger partial charge in [0.1, 0.15) is 6.54 Å². The fraction of sp³-hybridized carbons (Fsp3) is 0.455. The molecule has 84 valence electrons. The molecular formula is C11H16ClNO2. The third-order valence-corrected chi connectivity index (χ3v) is 2.88. The third kappa shape index (κ3) is 2.36. The molecule has 0 aliphatic carbocycles. The van der Waals surface area contributed by atoms with Crippen molar-refractivity contribution in [3.63, 3.8) is 0 Å². The molecule has 3 nitrogen and oxygen atoms in total. The number of likely N-dealkylation sites (N-methyl/N-ethyl adjacent to an activating group) is 1. The Hall–Kier alpha value is -0.930. The number of hydrogen-bond donors (Lipinski definition) is 2. The van der Waals surface area contributed by atoms with Crippen molar-refractivity contribution < 1.29 is 27.1 Å². The van der Waals surface area contributed by atoms with Crippen LogP contribution in [0.1, 0.15) is 11.1 Å². The predicted octanol–water partition coefficient (Wildman–Crippen LogP) is -1.77. The average molecular weight is 230 g/mol. The molecule has 0 aromatic heterocycles. The van der Waals surface area contributed by atoms with E-state index in [-0.39, 0.29) is 23.9 Å². The van der Waals surface area contributed by atoms with Gasteiger partial charge in [-0.3, -0.25) is 0 Å². The zero-order chi connectivity index (χ0) is 10.3. The van der Waals surface area contributed by atoms with Gasteiger partial charge in [-0.1, -0.05) is 0 Å². The van der Waals surface area contributed by atoms with Gasteiger partial charge >= 0.3 is 0 Å². The van der Waals surface area contributed by atoms with Crippen LogP contribution in [0, 0.1) is 0 Å². The summed E-state index contributed by atoms with van der Waals surface area (Å²) in [6.45, 7) is 2.00. The van der Waals surface area contributed by atoms with Gasteiger partial charge < -0.3 is 27.1 Å². The topological polar surface area (TPSA) is 40.5 Å². The third-order valence-electron chi connectivity index (χ3n) is 2.88. The highest BCUT2D eigenvalue weighted by Gasteiger charge is 2.25. The second-order valence-electron chi connectivity index (χ2n) is 4.68. The van der Waals surface area contributed by atoms with E-state index in [1.807, 2.05) is 0 Å². The van der Waals surface area contributed by atoms with Gasteiger partial charge in [-0.15, -0.1) is 0 Å². The zero-order valence-electron chi connectivity index (χ0n) is 9.00. The van der Waals surface area contributed by atoms with E-state index in [2.05, 4.69) is 14.1 Å². The molecular weight excluding hydrogens is 214 g/mol. The zero-order valence-corrected chi connectivity index (χ0v) is 9.75. The van der Waals surface area contributed by atoms with Gasteiger partial charge in [0.2, 0.25) is 0 Å². The molecule has 1 heterocycles. The lowest BCUT2D eigenvalue weighted by molar-refractivity contribution is -0.905. The molecule has 1 aromatic rings. The Balaban J connectivity index is 0.00000112. The Labute approximate surface area is 96.0 Å². The van der Waals surface area contributed by atoms with Crippen molar-refractivity contribution in [2.24, 2.45) is 0 Å². The summed E-state index contributed by atoms with van der Waals surface area (Å²) in [5.41, 5.74) is 2.31. The number of benzene rings is 1. The molecule has 15 heavy (non-hydrogen) atoms. The summed E-state index contributed by atoms with van der Waals surface area (Å²) in [7, 11) is 4.35. The summed E-state index contributed by atoms with van der Waals surface area (Å²) in [5.74, 6) is -0.0124. The lowest BCUT2D eigenvalue weighted by Crippen LogP contribution is -3.00. The summed E-state index contributed by atoms with van der Waals surface area (Å²) >= 11 is 0. The number of quaternary nitrogens is 1. The maximum absolute atomic E-state index is 9.39. The van der Waals surface area contributed by atoms with Crippen LogP contribution < -0.4 is 12.4 Å². The summed E-state index contributed by atoms with van der Waals surface area (Å²) in [6.07, 6.45) is 0.968. The van der Waals surface area contributed by atoms with E-state index in [1.165, 1.54) is 0 Å². The molecule has 1 aliphatic rings. The molecule has 2 rings (SSSR count). The Morgan fingerprint density at radius 2 is 1.60 bits per heavy atom. The van der Waals surface area contributed by atoms with Crippen LogP contribution in [-0.2, 0) is 13.0 Å². The molecule has 1 aliphatic heterocycles. The van der Waals surface area contributed by atoms with Crippen molar-refractivity contribution in [2.45, 2.75) is 13.0 Å². The molecule has 0 fully saturated rings. The van der Waals surface area contributed by atoms with Crippen molar-refractivity contribution in [3.05, 3.63) is 23.3 Å². The van der Waals surface area contributed by atoms with Crippen molar-refractivity contribution in [1.82, 2.24) is 0 Å². The number of phenolic OH excluding ortho intramolecular Hbond substituents is 2. The quantitative estimate of drug-likeness (QED) is 0.409. The van der Waals surface area contributed by atoms with E-state index >= 15 is 0 Å².